The molecule has 1 aromatic carbocycles. The number of benzene rings is 1. The Morgan fingerprint density at radius 3 is 2.29 bits per heavy atom. The number of hydrogen-bond acceptors (Lipinski definition) is 5. The average molecular weight is 339 g/mol. The molecule has 1 N–H and O–H groups in total. The van der Waals surface area contributed by atoms with Gasteiger partial charge in [-0.15, -0.1) is 0 Å². The smallest absolute Gasteiger partial charge is 0.161 e. The summed E-state index contributed by atoms with van der Waals surface area (Å²) in [6, 6.07) is 6.31. The molecular weight excluding hydrogens is 306 g/mol. The third-order valence-electron chi connectivity index (χ3n) is 4.11. The fourth-order valence-electron chi connectivity index (χ4n) is 2.50. The van der Waals surface area contributed by atoms with E-state index in [1.165, 1.54) is 0 Å². The lowest BCUT2D eigenvalue weighted by molar-refractivity contribution is -0.0149. The van der Waals surface area contributed by atoms with Crippen molar-refractivity contribution in [3.05, 3.63) is 23.8 Å². The van der Waals surface area contributed by atoms with Crippen LogP contribution in [0.3, 0.4) is 0 Å². The lowest BCUT2D eigenvalue weighted by Gasteiger charge is -2.30. The van der Waals surface area contributed by atoms with Gasteiger partial charge in [0, 0.05) is 19.1 Å². The number of hydrogen-bond donors (Lipinski definition) is 1. The van der Waals surface area contributed by atoms with Crippen LogP contribution in [0, 0.1) is 0 Å². The number of nitrogens with zero attached hydrogens (tertiary/aromatic N) is 1. The van der Waals surface area contributed by atoms with E-state index in [-0.39, 0.29) is 6.10 Å². The van der Waals surface area contributed by atoms with E-state index in [0.717, 1.165) is 30.0 Å². The maximum absolute atomic E-state index is 10.3. The van der Waals surface area contributed by atoms with Gasteiger partial charge in [0.25, 0.3) is 0 Å². The average Bonchev–Trinajstić information content (AvgIpc) is 2.58. The highest BCUT2D eigenvalue weighted by molar-refractivity contribution is 5.42. The molecule has 0 saturated carbocycles. The van der Waals surface area contributed by atoms with Gasteiger partial charge < -0.3 is 19.3 Å². The van der Waals surface area contributed by atoms with Gasteiger partial charge in [-0.25, -0.2) is 0 Å². The van der Waals surface area contributed by atoms with E-state index in [0.29, 0.717) is 19.2 Å². The summed E-state index contributed by atoms with van der Waals surface area (Å²) in [4.78, 5) is 2.27. The molecule has 0 amide bonds. The molecule has 0 heterocycles. The molecule has 0 aliphatic carbocycles. The molecule has 0 aliphatic heterocycles. The lowest BCUT2D eigenvalue weighted by Crippen LogP contribution is -2.40. The number of aliphatic hydroxyl groups is 1. The Bertz CT molecular complexity index is 478. The van der Waals surface area contributed by atoms with Crippen molar-refractivity contribution in [1.82, 2.24) is 4.90 Å². The standard InChI is InChI=1S/C19H33NO4/c1-7-15(4)20(12-17(21)13-24-14(2)3)11-16-8-9-18(22-5)19(10-16)23-6/h8-10,14-15,17,21H,7,11-13H2,1-6H3. The molecule has 24 heavy (non-hydrogen) atoms. The quantitative estimate of drug-likeness (QED) is 0.671. The second kappa shape index (κ2) is 10.5. The van der Waals surface area contributed by atoms with Crippen molar-refractivity contribution in [3.63, 3.8) is 0 Å². The van der Waals surface area contributed by atoms with E-state index >= 15 is 0 Å². The molecule has 1 aromatic rings. The van der Waals surface area contributed by atoms with Crippen LogP contribution in [-0.2, 0) is 11.3 Å². The van der Waals surface area contributed by atoms with Crippen LogP contribution in [0.15, 0.2) is 18.2 Å². The summed E-state index contributed by atoms with van der Waals surface area (Å²) in [5.74, 6) is 1.45. The number of ether oxygens (including phenoxy) is 3. The Morgan fingerprint density at radius 1 is 1.08 bits per heavy atom. The van der Waals surface area contributed by atoms with E-state index in [1.807, 2.05) is 32.0 Å². The second-order valence-corrected chi connectivity index (χ2v) is 6.41. The molecule has 5 heteroatoms. The van der Waals surface area contributed by atoms with Crippen LogP contribution in [0.5, 0.6) is 11.5 Å². The Hall–Kier alpha value is -1.30. The fourth-order valence-corrected chi connectivity index (χ4v) is 2.50. The van der Waals surface area contributed by atoms with Gasteiger partial charge in [0.05, 0.1) is 33.0 Å². The minimum Gasteiger partial charge on any atom is -0.493 e. The SMILES string of the molecule is CCC(C)N(Cc1ccc(OC)c(OC)c1)CC(O)COC(C)C. The molecule has 0 radical (unpaired) electrons. The molecule has 0 bridgehead atoms. The van der Waals surface area contributed by atoms with E-state index in [9.17, 15) is 5.11 Å². The van der Waals surface area contributed by atoms with Crippen LogP contribution in [0.25, 0.3) is 0 Å². The van der Waals surface area contributed by atoms with Gasteiger partial charge in [-0.1, -0.05) is 13.0 Å². The van der Waals surface area contributed by atoms with Crippen LogP contribution in [0.1, 0.15) is 39.7 Å². The van der Waals surface area contributed by atoms with Crippen molar-refractivity contribution in [2.45, 2.75) is 58.9 Å². The maximum atomic E-state index is 10.3. The van der Waals surface area contributed by atoms with Gasteiger partial charge in [0.15, 0.2) is 11.5 Å². The molecule has 1 rings (SSSR count). The normalized spacial score (nSPS) is 14.0. The van der Waals surface area contributed by atoms with E-state index in [1.54, 1.807) is 14.2 Å². The number of rotatable bonds is 11. The third kappa shape index (κ3) is 6.67. The van der Waals surface area contributed by atoms with Gasteiger partial charge >= 0.3 is 0 Å². The molecular formula is C19H33NO4. The van der Waals surface area contributed by atoms with Gasteiger partial charge in [-0.2, -0.15) is 0 Å². The van der Waals surface area contributed by atoms with Gasteiger partial charge in [-0.05, 0) is 44.9 Å². The zero-order chi connectivity index (χ0) is 18.1. The van der Waals surface area contributed by atoms with Crippen molar-refractivity contribution in [2.75, 3.05) is 27.4 Å². The van der Waals surface area contributed by atoms with E-state index < -0.39 is 6.10 Å². The second-order valence-electron chi connectivity index (χ2n) is 6.41. The maximum Gasteiger partial charge on any atom is 0.161 e. The Balaban J connectivity index is 2.79. The molecule has 0 saturated heterocycles. The molecule has 5 nitrogen and oxygen atoms in total. The molecule has 0 fully saturated rings. The molecule has 0 aliphatic rings. The summed E-state index contributed by atoms with van der Waals surface area (Å²) >= 11 is 0. The minimum absolute atomic E-state index is 0.127. The lowest BCUT2D eigenvalue weighted by atomic mass is 10.1. The molecule has 0 spiro atoms. The van der Waals surface area contributed by atoms with Gasteiger partial charge in [0.2, 0.25) is 0 Å². The summed E-state index contributed by atoms with van der Waals surface area (Å²) < 4.78 is 16.2. The first-order valence-corrected chi connectivity index (χ1v) is 8.65. The minimum atomic E-state index is -0.499. The molecule has 0 aromatic heterocycles. The third-order valence-corrected chi connectivity index (χ3v) is 4.11. The van der Waals surface area contributed by atoms with Crippen molar-refractivity contribution in [1.29, 1.82) is 0 Å². The Labute approximate surface area is 146 Å². The van der Waals surface area contributed by atoms with Crippen LogP contribution in [0.4, 0.5) is 0 Å². The topological polar surface area (TPSA) is 51.2 Å². The fraction of sp³-hybridized carbons (Fsp3) is 0.684. The summed E-state index contributed by atoms with van der Waals surface area (Å²) in [5, 5.41) is 10.3. The Morgan fingerprint density at radius 2 is 1.75 bits per heavy atom. The summed E-state index contributed by atoms with van der Waals surface area (Å²) in [6.07, 6.45) is 0.648. The van der Waals surface area contributed by atoms with Crippen molar-refractivity contribution in [2.24, 2.45) is 0 Å². The largest absolute Gasteiger partial charge is 0.493 e. The highest BCUT2D eigenvalue weighted by Crippen LogP contribution is 2.28. The number of methoxy groups -OCH3 is 2. The monoisotopic (exact) mass is 339 g/mol. The highest BCUT2D eigenvalue weighted by Gasteiger charge is 2.18. The predicted molar refractivity (Wildman–Crippen MR) is 96.8 cm³/mol. The van der Waals surface area contributed by atoms with Crippen molar-refractivity contribution in [3.8, 4) is 11.5 Å². The van der Waals surface area contributed by atoms with Crippen LogP contribution >= 0.6 is 0 Å². The Kier molecular flexibility index (Phi) is 9.11. The predicted octanol–water partition coefficient (Wildman–Crippen LogP) is 3.09. The summed E-state index contributed by atoms with van der Waals surface area (Å²) in [7, 11) is 3.27. The molecule has 2 atom stereocenters. The first-order chi connectivity index (χ1) is 11.4. The van der Waals surface area contributed by atoms with Crippen LogP contribution in [0.2, 0.25) is 0 Å². The van der Waals surface area contributed by atoms with Crippen molar-refractivity contribution >= 4 is 0 Å². The molecule has 138 valence electrons. The van der Waals surface area contributed by atoms with Crippen LogP contribution < -0.4 is 9.47 Å². The van der Waals surface area contributed by atoms with Crippen molar-refractivity contribution < 1.29 is 19.3 Å². The van der Waals surface area contributed by atoms with Gasteiger partial charge in [0.1, 0.15) is 0 Å². The van der Waals surface area contributed by atoms with E-state index in [2.05, 4.69) is 18.7 Å². The van der Waals surface area contributed by atoms with E-state index in [4.69, 9.17) is 14.2 Å². The number of aliphatic hydroxyl groups excluding tert-OH is 1. The zero-order valence-electron chi connectivity index (χ0n) is 15.9. The van der Waals surface area contributed by atoms with Gasteiger partial charge in [-0.3, -0.25) is 4.90 Å². The summed E-state index contributed by atoms with van der Waals surface area (Å²) in [6.45, 7) is 9.96. The molecule has 2 unspecified atom stereocenters. The highest BCUT2D eigenvalue weighted by atomic mass is 16.5. The van der Waals surface area contributed by atoms with Crippen LogP contribution in [-0.4, -0.2) is 55.6 Å². The zero-order valence-corrected chi connectivity index (χ0v) is 15.9. The first kappa shape index (κ1) is 20.7. The summed E-state index contributed by atoms with van der Waals surface area (Å²) in [5.41, 5.74) is 1.13. The first-order valence-electron chi connectivity index (χ1n) is 8.65.